The minimum Gasteiger partial charge on any atom is -0.344 e. The van der Waals surface area contributed by atoms with Gasteiger partial charge in [0.05, 0.1) is 35.5 Å². The fourth-order valence-corrected chi connectivity index (χ4v) is 3.35. The van der Waals surface area contributed by atoms with Crippen molar-refractivity contribution in [3.05, 3.63) is 78.0 Å². The van der Waals surface area contributed by atoms with Crippen LogP contribution in [0.3, 0.4) is 0 Å². The van der Waals surface area contributed by atoms with E-state index in [0.717, 1.165) is 6.20 Å². The van der Waals surface area contributed by atoms with Gasteiger partial charge in [-0.2, -0.15) is 4.68 Å². The number of hydrogen-bond donors (Lipinski definition) is 1. The van der Waals surface area contributed by atoms with E-state index in [0.29, 0.717) is 46.4 Å². The molecule has 33 heavy (non-hydrogen) atoms. The maximum Gasteiger partial charge on any atom is 0.251 e. The highest BCUT2D eigenvalue weighted by Crippen LogP contribution is 2.24. The number of pyridine rings is 1. The number of aromatic nitrogens is 7. The van der Waals surface area contributed by atoms with Crippen molar-refractivity contribution in [3.8, 4) is 16.9 Å². The molecule has 4 aromatic rings. The highest BCUT2D eigenvalue weighted by molar-refractivity contribution is 5.96. The van der Waals surface area contributed by atoms with Gasteiger partial charge in [0, 0.05) is 29.9 Å². The number of rotatable bonds is 7. The molecule has 1 unspecified atom stereocenters. The molecule has 0 radical (unpaired) electrons. The molecule has 0 aliphatic heterocycles. The Morgan fingerprint density at radius 3 is 2.64 bits per heavy atom. The molecule has 3 heterocycles. The zero-order valence-electron chi connectivity index (χ0n) is 18.5. The smallest absolute Gasteiger partial charge is 0.251 e. The molecule has 1 aromatic carbocycles. The lowest BCUT2D eigenvalue weighted by Crippen LogP contribution is -2.27. The lowest BCUT2D eigenvalue weighted by molar-refractivity contribution is 0.0939. The summed E-state index contributed by atoms with van der Waals surface area (Å²) in [4.78, 5) is 25.6. The molecule has 4 rings (SSSR count). The SMILES string of the molecule is CC(C)Cc1nnnn1-c1cc(C(=O)NC(C)c2cnccn2)cc(-c2ccc(F)cn2)c1. The molecule has 1 amide bonds. The van der Waals surface area contributed by atoms with Gasteiger partial charge in [-0.15, -0.1) is 5.10 Å². The standard InChI is InChI=1S/C23H23FN8O/c1-14(2)8-22-29-30-31-32(22)19-10-16(20-5-4-18(24)12-27-20)9-17(11-19)23(33)28-15(3)21-13-25-6-7-26-21/h4-7,9-15H,8H2,1-3H3,(H,28,33). The molecular weight excluding hydrogens is 423 g/mol. The van der Waals surface area contributed by atoms with E-state index >= 15 is 0 Å². The molecule has 1 atom stereocenters. The van der Waals surface area contributed by atoms with E-state index < -0.39 is 5.82 Å². The summed E-state index contributed by atoms with van der Waals surface area (Å²) < 4.78 is 15.0. The van der Waals surface area contributed by atoms with Gasteiger partial charge in [-0.25, -0.2) is 4.39 Å². The van der Waals surface area contributed by atoms with Gasteiger partial charge in [-0.05, 0) is 53.6 Å². The summed E-state index contributed by atoms with van der Waals surface area (Å²) in [6.45, 7) is 5.98. The van der Waals surface area contributed by atoms with Crippen LogP contribution in [0.15, 0.2) is 55.1 Å². The third-order valence-electron chi connectivity index (χ3n) is 4.95. The van der Waals surface area contributed by atoms with Gasteiger partial charge in [0.15, 0.2) is 5.82 Å². The van der Waals surface area contributed by atoms with Gasteiger partial charge in [0.2, 0.25) is 0 Å². The van der Waals surface area contributed by atoms with E-state index in [2.05, 4.69) is 49.6 Å². The Morgan fingerprint density at radius 1 is 1.09 bits per heavy atom. The van der Waals surface area contributed by atoms with Crippen molar-refractivity contribution in [3.63, 3.8) is 0 Å². The van der Waals surface area contributed by atoms with E-state index in [-0.39, 0.29) is 11.9 Å². The van der Waals surface area contributed by atoms with Crippen molar-refractivity contribution in [2.75, 3.05) is 0 Å². The first-order valence-corrected chi connectivity index (χ1v) is 10.5. The highest BCUT2D eigenvalue weighted by atomic mass is 19.1. The van der Waals surface area contributed by atoms with Gasteiger partial charge in [-0.3, -0.25) is 19.7 Å². The first kappa shape index (κ1) is 22.1. The molecule has 9 nitrogen and oxygen atoms in total. The van der Waals surface area contributed by atoms with Crippen LogP contribution in [-0.2, 0) is 6.42 Å². The number of carbonyl (C=O) groups excluding carboxylic acids is 1. The quantitative estimate of drug-likeness (QED) is 0.463. The Kier molecular flexibility index (Phi) is 6.43. The zero-order valence-corrected chi connectivity index (χ0v) is 18.5. The Hall–Kier alpha value is -4.08. The van der Waals surface area contributed by atoms with Crippen LogP contribution in [0.5, 0.6) is 0 Å². The minimum absolute atomic E-state index is 0.308. The summed E-state index contributed by atoms with van der Waals surface area (Å²) in [6.07, 6.45) is 6.56. The van der Waals surface area contributed by atoms with Crippen molar-refractivity contribution in [1.29, 1.82) is 0 Å². The number of benzene rings is 1. The predicted molar refractivity (Wildman–Crippen MR) is 119 cm³/mol. The van der Waals surface area contributed by atoms with Crippen molar-refractivity contribution in [1.82, 2.24) is 40.5 Å². The number of hydrogen-bond acceptors (Lipinski definition) is 7. The molecule has 1 N–H and O–H groups in total. The third-order valence-corrected chi connectivity index (χ3v) is 4.95. The number of tetrazole rings is 1. The van der Waals surface area contributed by atoms with E-state index in [1.54, 1.807) is 41.5 Å². The van der Waals surface area contributed by atoms with Crippen LogP contribution in [0, 0.1) is 11.7 Å². The summed E-state index contributed by atoms with van der Waals surface area (Å²) in [5.41, 5.74) is 2.79. The maximum atomic E-state index is 13.4. The second-order valence-corrected chi connectivity index (χ2v) is 8.06. The second kappa shape index (κ2) is 9.60. The molecule has 0 fully saturated rings. The van der Waals surface area contributed by atoms with Gasteiger partial charge in [-0.1, -0.05) is 13.8 Å². The van der Waals surface area contributed by atoms with Crippen molar-refractivity contribution < 1.29 is 9.18 Å². The van der Waals surface area contributed by atoms with Crippen LogP contribution in [0.25, 0.3) is 16.9 Å². The molecule has 0 saturated heterocycles. The van der Waals surface area contributed by atoms with Crippen LogP contribution in [0.2, 0.25) is 0 Å². The molecular formula is C23H23FN8O. The fourth-order valence-electron chi connectivity index (χ4n) is 3.35. The van der Waals surface area contributed by atoms with Crippen LogP contribution < -0.4 is 5.32 Å². The first-order valence-electron chi connectivity index (χ1n) is 10.5. The number of amides is 1. The molecule has 0 bridgehead atoms. The lowest BCUT2D eigenvalue weighted by atomic mass is 10.0. The van der Waals surface area contributed by atoms with Crippen LogP contribution in [0.4, 0.5) is 4.39 Å². The first-order chi connectivity index (χ1) is 15.9. The van der Waals surface area contributed by atoms with E-state index in [9.17, 15) is 9.18 Å². The fraction of sp³-hybridized carbons (Fsp3) is 0.261. The molecule has 3 aromatic heterocycles. The summed E-state index contributed by atoms with van der Waals surface area (Å²) in [7, 11) is 0. The molecule has 10 heteroatoms. The zero-order chi connectivity index (χ0) is 23.4. The molecule has 168 valence electrons. The minimum atomic E-state index is -0.439. The normalized spacial score (nSPS) is 12.0. The summed E-state index contributed by atoms with van der Waals surface area (Å²) >= 11 is 0. The van der Waals surface area contributed by atoms with Gasteiger partial charge in [0.25, 0.3) is 5.91 Å². The van der Waals surface area contributed by atoms with Crippen LogP contribution >= 0.6 is 0 Å². The molecule has 0 aliphatic rings. The Bertz CT molecular complexity index is 1240. The highest BCUT2D eigenvalue weighted by Gasteiger charge is 2.18. The van der Waals surface area contributed by atoms with E-state index in [1.165, 1.54) is 6.07 Å². The molecule has 0 spiro atoms. The second-order valence-electron chi connectivity index (χ2n) is 8.06. The van der Waals surface area contributed by atoms with Crippen LogP contribution in [-0.4, -0.2) is 41.1 Å². The third kappa shape index (κ3) is 5.22. The topological polar surface area (TPSA) is 111 Å². The molecule has 0 saturated carbocycles. The number of nitrogens with one attached hydrogen (secondary N) is 1. The Balaban J connectivity index is 1.74. The Labute approximate surface area is 190 Å². The lowest BCUT2D eigenvalue weighted by Gasteiger charge is -2.15. The number of carbonyl (C=O) groups is 1. The monoisotopic (exact) mass is 446 g/mol. The molecule has 0 aliphatic carbocycles. The summed E-state index contributed by atoms with van der Waals surface area (Å²) in [6, 6.07) is 7.77. The van der Waals surface area contributed by atoms with Gasteiger partial charge >= 0.3 is 0 Å². The van der Waals surface area contributed by atoms with Crippen LogP contribution in [0.1, 0.15) is 48.7 Å². The van der Waals surface area contributed by atoms with Gasteiger partial charge < -0.3 is 5.32 Å². The van der Waals surface area contributed by atoms with Gasteiger partial charge in [0.1, 0.15) is 5.82 Å². The van der Waals surface area contributed by atoms with Crippen molar-refractivity contribution in [2.24, 2.45) is 5.92 Å². The maximum absolute atomic E-state index is 13.4. The Morgan fingerprint density at radius 2 is 1.94 bits per heavy atom. The average molecular weight is 446 g/mol. The van der Waals surface area contributed by atoms with E-state index in [4.69, 9.17) is 0 Å². The predicted octanol–water partition coefficient (Wildman–Crippen LogP) is 3.34. The summed E-state index contributed by atoms with van der Waals surface area (Å²) in [5.74, 6) is 0.267. The van der Waals surface area contributed by atoms with Crippen molar-refractivity contribution >= 4 is 5.91 Å². The average Bonchev–Trinajstić information content (AvgIpc) is 3.27. The summed E-state index contributed by atoms with van der Waals surface area (Å²) in [5, 5.41) is 15.0. The number of halogens is 1. The van der Waals surface area contributed by atoms with E-state index in [1.807, 2.05) is 13.0 Å². The largest absolute Gasteiger partial charge is 0.344 e. The van der Waals surface area contributed by atoms with Crippen molar-refractivity contribution in [2.45, 2.75) is 33.2 Å². The number of nitrogens with zero attached hydrogens (tertiary/aromatic N) is 7.